The predicted octanol–water partition coefficient (Wildman–Crippen LogP) is 6.16. The molecule has 1 fully saturated rings. The SMILES string of the molecule is FC(F)(F)c1ccnc(CC2CCCC(C3C=CC=CC3C(F)(F)F)CC2)n1. The summed E-state index contributed by atoms with van der Waals surface area (Å²) in [5.41, 5.74) is -0.962. The van der Waals surface area contributed by atoms with Gasteiger partial charge >= 0.3 is 12.4 Å². The fourth-order valence-corrected chi connectivity index (χ4v) is 4.31. The highest BCUT2D eigenvalue weighted by Gasteiger charge is 2.45. The van der Waals surface area contributed by atoms with Crippen molar-refractivity contribution in [2.45, 2.75) is 50.9 Å². The van der Waals surface area contributed by atoms with Crippen LogP contribution in [0.4, 0.5) is 26.3 Å². The smallest absolute Gasteiger partial charge is 0.241 e. The van der Waals surface area contributed by atoms with E-state index in [9.17, 15) is 26.3 Å². The van der Waals surface area contributed by atoms with E-state index in [1.54, 1.807) is 12.2 Å². The van der Waals surface area contributed by atoms with Crippen molar-refractivity contribution in [1.82, 2.24) is 9.97 Å². The summed E-state index contributed by atoms with van der Waals surface area (Å²) in [7, 11) is 0. The number of nitrogens with zero attached hydrogens (tertiary/aromatic N) is 2. The number of hydrogen-bond donors (Lipinski definition) is 0. The highest BCUT2D eigenvalue weighted by molar-refractivity contribution is 5.17. The maximum Gasteiger partial charge on any atom is 0.433 e. The van der Waals surface area contributed by atoms with Gasteiger partial charge < -0.3 is 0 Å². The standard InChI is InChI=1S/C20H22F6N2/c21-19(22,23)16-7-2-1-6-15(16)14-5-3-4-13(8-9-14)12-18-27-11-10-17(28-18)20(24,25)26/h1-2,6-7,10-11,13-16H,3-5,8-9,12H2. The summed E-state index contributed by atoms with van der Waals surface area (Å²) in [6, 6.07) is 0.840. The maximum absolute atomic E-state index is 13.4. The number of allylic oxidation sites excluding steroid dienone is 4. The zero-order valence-corrected chi connectivity index (χ0v) is 15.2. The Morgan fingerprint density at radius 1 is 0.929 bits per heavy atom. The molecule has 0 N–H and O–H groups in total. The molecule has 1 aromatic rings. The molecule has 0 spiro atoms. The molecule has 0 aromatic carbocycles. The van der Waals surface area contributed by atoms with E-state index < -0.39 is 29.9 Å². The van der Waals surface area contributed by atoms with Crippen molar-refractivity contribution >= 4 is 0 Å². The lowest BCUT2D eigenvalue weighted by atomic mass is 9.75. The van der Waals surface area contributed by atoms with Crippen LogP contribution in [0.1, 0.15) is 43.6 Å². The molecule has 1 saturated carbocycles. The Balaban J connectivity index is 1.64. The van der Waals surface area contributed by atoms with E-state index in [1.807, 2.05) is 0 Å². The molecule has 0 aliphatic heterocycles. The van der Waals surface area contributed by atoms with Gasteiger partial charge in [-0.1, -0.05) is 37.1 Å². The molecular formula is C20H22F6N2. The predicted molar refractivity (Wildman–Crippen MR) is 92.1 cm³/mol. The summed E-state index contributed by atoms with van der Waals surface area (Å²) in [6.45, 7) is 0. The molecule has 0 amide bonds. The Hall–Kier alpha value is -1.86. The van der Waals surface area contributed by atoms with Crippen LogP contribution in [0.2, 0.25) is 0 Å². The average molecular weight is 404 g/mol. The van der Waals surface area contributed by atoms with Crippen LogP contribution in [0.3, 0.4) is 0 Å². The van der Waals surface area contributed by atoms with Crippen molar-refractivity contribution in [3.05, 3.63) is 48.1 Å². The average Bonchev–Trinajstić information content (AvgIpc) is 2.86. The monoisotopic (exact) mass is 404 g/mol. The Morgan fingerprint density at radius 3 is 2.39 bits per heavy atom. The third-order valence-corrected chi connectivity index (χ3v) is 5.70. The molecule has 4 unspecified atom stereocenters. The van der Waals surface area contributed by atoms with Crippen molar-refractivity contribution in [3.63, 3.8) is 0 Å². The molecule has 1 aromatic heterocycles. The van der Waals surface area contributed by atoms with Crippen molar-refractivity contribution < 1.29 is 26.3 Å². The molecule has 154 valence electrons. The summed E-state index contributed by atoms with van der Waals surface area (Å²) in [4.78, 5) is 7.57. The van der Waals surface area contributed by atoms with E-state index in [1.165, 1.54) is 12.2 Å². The largest absolute Gasteiger partial charge is 0.433 e. The second-order valence-corrected chi connectivity index (χ2v) is 7.61. The minimum absolute atomic E-state index is 0.0831. The lowest BCUT2D eigenvalue weighted by Crippen LogP contribution is -2.33. The molecule has 28 heavy (non-hydrogen) atoms. The van der Waals surface area contributed by atoms with Gasteiger partial charge in [0.05, 0.1) is 5.92 Å². The van der Waals surface area contributed by atoms with Gasteiger partial charge in [0.2, 0.25) is 0 Å². The zero-order chi connectivity index (χ0) is 20.4. The zero-order valence-electron chi connectivity index (χ0n) is 15.2. The molecular weight excluding hydrogens is 382 g/mol. The van der Waals surface area contributed by atoms with Crippen LogP contribution >= 0.6 is 0 Å². The minimum Gasteiger partial charge on any atom is -0.241 e. The molecule has 2 nitrogen and oxygen atoms in total. The van der Waals surface area contributed by atoms with E-state index >= 15 is 0 Å². The van der Waals surface area contributed by atoms with Crippen LogP contribution < -0.4 is 0 Å². The van der Waals surface area contributed by atoms with Crippen LogP contribution in [0.25, 0.3) is 0 Å². The van der Waals surface area contributed by atoms with Gasteiger partial charge in [-0.05, 0) is 43.1 Å². The van der Waals surface area contributed by atoms with E-state index in [0.29, 0.717) is 25.7 Å². The Kier molecular flexibility index (Phi) is 6.15. The quantitative estimate of drug-likeness (QED) is 0.446. The van der Waals surface area contributed by atoms with Gasteiger partial charge in [0.25, 0.3) is 0 Å². The molecule has 2 aliphatic carbocycles. The maximum atomic E-state index is 13.4. The molecule has 0 radical (unpaired) electrons. The van der Waals surface area contributed by atoms with E-state index in [4.69, 9.17) is 0 Å². The summed E-state index contributed by atoms with van der Waals surface area (Å²) in [6.07, 6.45) is 2.14. The van der Waals surface area contributed by atoms with Crippen molar-refractivity contribution in [3.8, 4) is 0 Å². The Bertz CT molecular complexity index is 722. The minimum atomic E-state index is -4.51. The van der Waals surface area contributed by atoms with Crippen LogP contribution in [0.15, 0.2) is 36.6 Å². The summed E-state index contributed by atoms with van der Waals surface area (Å²) < 4.78 is 78.5. The van der Waals surface area contributed by atoms with Crippen molar-refractivity contribution in [1.29, 1.82) is 0 Å². The first kappa shape index (κ1) is 20.9. The van der Waals surface area contributed by atoms with Gasteiger partial charge in [-0.3, -0.25) is 0 Å². The van der Waals surface area contributed by atoms with Gasteiger partial charge in [-0.25, -0.2) is 9.97 Å². The van der Waals surface area contributed by atoms with Gasteiger partial charge in [-0.2, -0.15) is 26.3 Å². The Labute approximate surface area is 159 Å². The fourth-order valence-electron chi connectivity index (χ4n) is 4.31. The van der Waals surface area contributed by atoms with Gasteiger partial charge in [0, 0.05) is 12.6 Å². The first-order valence-corrected chi connectivity index (χ1v) is 9.45. The number of halogens is 6. The highest BCUT2D eigenvalue weighted by atomic mass is 19.4. The van der Waals surface area contributed by atoms with E-state index in [0.717, 1.165) is 25.1 Å². The lowest BCUT2D eigenvalue weighted by Gasteiger charge is -2.32. The second-order valence-electron chi connectivity index (χ2n) is 7.61. The number of alkyl halides is 6. The highest BCUT2D eigenvalue weighted by Crippen LogP contribution is 2.44. The summed E-state index contributed by atoms with van der Waals surface area (Å²) in [5, 5.41) is 0. The molecule has 0 saturated heterocycles. The van der Waals surface area contributed by atoms with Crippen LogP contribution in [0, 0.1) is 23.7 Å². The normalized spacial score (nSPS) is 28.9. The fraction of sp³-hybridized carbons (Fsp3) is 0.600. The number of hydrogen-bond acceptors (Lipinski definition) is 2. The Morgan fingerprint density at radius 2 is 1.68 bits per heavy atom. The van der Waals surface area contributed by atoms with Crippen LogP contribution in [-0.2, 0) is 12.6 Å². The molecule has 3 rings (SSSR count). The lowest BCUT2D eigenvalue weighted by molar-refractivity contribution is -0.174. The van der Waals surface area contributed by atoms with Crippen LogP contribution in [-0.4, -0.2) is 16.1 Å². The third-order valence-electron chi connectivity index (χ3n) is 5.70. The van der Waals surface area contributed by atoms with Crippen LogP contribution in [0.5, 0.6) is 0 Å². The number of aromatic nitrogens is 2. The number of rotatable bonds is 3. The van der Waals surface area contributed by atoms with E-state index in [-0.39, 0.29) is 17.7 Å². The molecule has 4 atom stereocenters. The molecule has 0 bridgehead atoms. The molecule has 8 heteroatoms. The molecule has 1 heterocycles. The van der Waals surface area contributed by atoms with E-state index in [2.05, 4.69) is 9.97 Å². The summed E-state index contributed by atoms with van der Waals surface area (Å²) >= 11 is 0. The summed E-state index contributed by atoms with van der Waals surface area (Å²) in [5.74, 6) is -1.90. The first-order valence-electron chi connectivity index (χ1n) is 9.45. The first-order chi connectivity index (χ1) is 13.1. The van der Waals surface area contributed by atoms with Gasteiger partial charge in [-0.15, -0.1) is 0 Å². The third kappa shape index (κ3) is 5.14. The topological polar surface area (TPSA) is 25.8 Å². The second kappa shape index (κ2) is 8.25. The van der Waals surface area contributed by atoms with Crippen molar-refractivity contribution in [2.75, 3.05) is 0 Å². The molecule has 2 aliphatic rings. The van der Waals surface area contributed by atoms with Crippen molar-refractivity contribution in [2.24, 2.45) is 23.7 Å². The van der Waals surface area contributed by atoms with Gasteiger partial charge in [0.15, 0.2) is 0 Å². The van der Waals surface area contributed by atoms with Gasteiger partial charge in [0.1, 0.15) is 11.5 Å².